The van der Waals surface area contributed by atoms with Crippen LogP contribution in [0.4, 0.5) is 0 Å². The molecule has 0 atom stereocenters. The number of rotatable bonds is 6. The Morgan fingerprint density at radius 3 is 2.24 bits per heavy atom. The smallest absolute Gasteiger partial charge is 0.106 e. The van der Waals surface area contributed by atoms with Crippen LogP contribution in [-0.2, 0) is 6.54 Å². The molecule has 0 unspecified atom stereocenters. The number of benzene rings is 1. The Kier molecular flexibility index (Phi) is 5.26. The molecule has 1 nitrogen and oxygen atoms in total. The average molecular weight is 271 g/mol. The van der Waals surface area contributed by atoms with E-state index in [1.807, 2.05) is 24.3 Å². The second-order valence-corrected chi connectivity index (χ2v) is 5.30. The summed E-state index contributed by atoms with van der Waals surface area (Å²) in [6.45, 7) is 10.2. The maximum atomic E-state index is 6.19. The quantitative estimate of drug-likeness (QED) is 0.534. The molecule has 0 fully saturated rings. The third-order valence-electron chi connectivity index (χ3n) is 2.71. The van der Waals surface area contributed by atoms with E-state index in [2.05, 4.69) is 20.2 Å². The molecule has 92 valence electrons. The minimum absolute atomic E-state index is 0.667. The predicted octanol–water partition coefficient (Wildman–Crippen LogP) is 4.31. The van der Waals surface area contributed by atoms with Crippen LogP contribution in [-0.4, -0.2) is 24.6 Å². The summed E-state index contributed by atoms with van der Waals surface area (Å²) in [5.74, 6) is 0. The third kappa shape index (κ3) is 4.19. The summed E-state index contributed by atoms with van der Waals surface area (Å²) in [4.78, 5) is 0. The van der Waals surface area contributed by atoms with Gasteiger partial charge in [0.15, 0.2) is 0 Å². The van der Waals surface area contributed by atoms with E-state index in [1.54, 1.807) is 6.07 Å². The van der Waals surface area contributed by atoms with Crippen molar-refractivity contribution < 1.29 is 4.48 Å². The molecular formula is C14H18Cl2N+. The molecule has 17 heavy (non-hydrogen) atoms. The molecule has 0 spiro atoms. The molecule has 0 aliphatic rings. The Bertz CT molecular complexity index is 403. The first-order valence-electron chi connectivity index (χ1n) is 5.50. The molecule has 0 radical (unpaired) electrons. The molecule has 0 N–H and O–H groups in total. The molecular weight excluding hydrogens is 253 g/mol. The first-order valence-corrected chi connectivity index (χ1v) is 6.25. The van der Waals surface area contributed by atoms with Crippen LogP contribution in [0.25, 0.3) is 0 Å². The van der Waals surface area contributed by atoms with E-state index in [0.29, 0.717) is 5.02 Å². The Morgan fingerprint density at radius 1 is 1.18 bits per heavy atom. The van der Waals surface area contributed by atoms with E-state index in [9.17, 15) is 0 Å². The van der Waals surface area contributed by atoms with Gasteiger partial charge >= 0.3 is 0 Å². The van der Waals surface area contributed by atoms with Crippen LogP contribution in [0.2, 0.25) is 10.0 Å². The molecule has 1 aromatic carbocycles. The molecule has 0 saturated heterocycles. The van der Waals surface area contributed by atoms with Gasteiger partial charge in [-0.2, -0.15) is 0 Å². The van der Waals surface area contributed by atoms with Gasteiger partial charge in [-0.25, -0.2) is 0 Å². The van der Waals surface area contributed by atoms with Gasteiger partial charge in [-0.1, -0.05) is 42.4 Å². The number of halogens is 2. The molecule has 0 aromatic heterocycles. The Morgan fingerprint density at radius 2 is 1.76 bits per heavy atom. The van der Waals surface area contributed by atoms with E-state index in [0.717, 1.165) is 34.7 Å². The first-order chi connectivity index (χ1) is 8.00. The highest BCUT2D eigenvalue weighted by atomic mass is 35.5. The van der Waals surface area contributed by atoms with Gasteiger partial charge in [0.2, 0.25) is 0 Å². The molecule has 0 bridgehead atoms. The summed E-state index contributed by atoms with van der Waals surface area (Å²) >= 11 is 12.1. The lowest BCUT2D eigenvalue weighted by atomic mass is 10.2. The molecule has 0 aliphatic heterocycles. The second-order valence-electron chi connectivity index (χ2n) is 4.46. The maximum Gasteiger partial charge on any atom is 0.106 e. The van der Waals surface area contributed by atoms with Crippen LogP contribution >= 0.6 is 23.2 Å². The van der Waals surface area contributed by atoms with Crippen molar-refractivity contribution in [3.63, 3.8) is 0 Å². The van der Waals surface area contributed by atoms with Crippen LogP contribution in [0.5, 0.6) is 0 Å². The van der Waals surface area contributed by atoms with E-state index in [1.165, 1.54) is 0 Å². The zero-order valence-electron chi connectivity index (χ0n) is 10.1. The summed E-state index contributed by atoms with van der Waals surface area (Å²) in [6.07, 6.45) is 3.85. The summed E-state index contributed by atoms with van der Waals surface area (Å²) in [5.41, 5.74) is 1.10. The van der Waals surface area contributed by atoms with Gasteiger partial charge in [0.1, 0.15) is 6.54 Å². The molecule has 0 aliphatic carbocycles. The lowest BCUT2D eigenvalue weighted by molar-refractivity contribution is -0.911. The average Bonchev–Trinajstić information content (AvgIpc) is 2.23. The number of hydrogen-bond donors (Lipinski definition) is 0. The first kappa shape index (κ1) is 14.3. The minimum Gasteiger partial charge on any atom is -0.316 e. The molecule has 0 amide bonds. The topological polar surface area (TPSA) is 0 Å². The summed E-state index contributed by atoms with van der Waals surface area (Å²) in [5, 5.41) is 1.38. The minimum atomic E-state index is 0.667. The summed E-state index contributed by atoms with van der Waals surface area (Å²) < 4.78 is 0.814. The lowest BCUT2D eigenvalue weighted by Crippen LogP contribution is -2.43. The zero-order valence-corrected chi connectivity index (χ0v) is 11.6. The van der Waals surface area contributed by atoms with Gasteiger partial charge in [-0.3, -0.25) is 0 Å². The Labute approximate surface area is 114 Å². The molecule has 0 saturated carbocycles. The standard InChI is InChI=1S/C14H18Cl2N/c1-4-8-17(3,9-5-2)11-12-6-7-13(15)10-14(12)16/h4-7,10H,1-2,8-9,11H2,3H3/q+1. The third-order valence-corrected chi connectivity index (χ3v) is 3.29. The molecule has 0 heterocycles. The zero-order chi connectivity index (χ0) is 12.9. The predicted molar refractivity (Wildman–Crippen MR) is 76.5 cm³/mol. The van der Waals surface area contributed by atoms with Crippen molar-refractivity contribution >= 4 is 23.2 Å². The fourth-order valence-corrected chi connectivity index (χ4v) is 2.36. The van der Waals surface area contributed by atoms with Crippen molar-refractivity contribution in [2.24, 2.45) is 0 Å². The Balaban J connectivity index is 2.92. The van der Waals surface area contributed by atoms with Crippen molar-refractivity contribution in [2.75, 3.05) is 20.1 Å². The van der Waals surface area contributed by atoms with Crippen molar-refractivity contribution in [1.29, 1.82) is 0 Å². The highest BCUT2D eigenvalue weighted by Gasteiger charge is 2.20. The van der Waals surface area contributed by atoms with Gasteiger partial charge in [-0.05, 0) is 24.3 Å². The monoisotopic (exact) mass is 270 g/mol. The molecule has 1 aromatic rings. The normalized spacial score (nSPS) is 11.2. The summed E-state index contributed by atoms with van der Waals surface area (Å²) in [6, 6.07) is 5.63. The van der Waals surface area contributed by atoms with Gasteiger partial charge in [0.05, 0.1) is 25.2 Å². The Hall–Kier alpha value is -0.760. The van der Waals surface area contributed by atoms with Crippen LogP contribution < -0.4 is 0 Å². The lowest BCUT2D eigenvalue weighted by Gasteiger charge is -2.32. The largest absolute Gasteiger partial charge is 0.316 e. The van der Waals surface area contributed by atoms with Crippen LogP contribution in [0, 0.1) is 0 Å². The fourth-order valence-electron chi connectivity index (χ4n) is 1.89. The van der Waals surface area contributed by atoms with Crippen molar-refractivity contribution in [2.45, 2.75) is 6.54 Å². The number of quaternary nitrogens is 1. The second kappa shape index (κ2) is 6.25. The van der Waals surface area contributed by atoms with Gasteiger partial charge < -0.3 is 4.48 Å². The molecule has 3 heteroatoms. The van der Waals surface area contributed by atoms with E-state index >= 15 is 0 Å². The fraction of sp³-hybridized carbons (Fsp3) is 0.286. The van der Waals surface area contributed by atoms with Crippen molar-refractivity contribution in [3.8, 4) is 0 Å². The van der Waals surface area contributed by atoms with Crippen LogP contribution in [0.1, 0.15) is 5.56 Å². The van der Waals surface area contributed by atoms with Crippen molar-refractivity contribution in [3.05, 3.63) is 59.1 Å². The van der Waals surface area contributed by atoms with Crippen molar-refractivity contribution in [1.82, 2.24) is 0 Å². The maximum absolute atomic E-state index is 6.19. The molecule has 1 rings (SSSR count). The van der Waals surface area contributed by atoms with Crippen LogP contribution in [0.15, 0.2) is 43.5 Å². The van der Waals surface area contributed by atoms with Gasteiger partial charge in [0.25, 0.3) is 0 Å². The van der Waals surface area contributed by atoms with E-state index < -0.39 is 0 Å². The van der Waals surface area contributed by atoms with Gasteiger partial charge in [-0.15, -0.1) is 0 Å². The SMILES string of the molecule is C=CC[N+](C)(CC=C)Cc1ccc(Cl)cc1Cl. The van der Waals surface area contributed by atoms with E-state index in [4.69, 9.17) is 23.2 Å². The van der Waals surface area contributed by atoms with E-state index in [-0.39, 0.29) is 0 Å². The number of likely N-dealkylation sites (N-methyl/N-ethyl adjacent to an activating group) is 1. The summed E-state index contributed by atoms with van der Waals surface area (Å²) in [7, 11) is 2.16. The van der Waals surface area contributed by atoms with Crippen LogP contribution in [0.3, 0.4) is 0 Å². The number of nitrogens with zero attached hydrogens (tertiary/aromatic N) is 1. The highest BCUT2D eigenvalue weighted by molar-refractivity contribution is 6.35. The highest BCUT2D eigenvalue weighted by Crippen LogP contribution is 2.24. The number of hydrogen-bond acceptors (Lipinski definition) is 0. The van der Waals surface area contributed by atoms with Gasteiger partial charge in [0, 0.05) is 10.6 Å².